The van der Waals surface area contributed by atoms with Gasteiger partial charge in [-0.05, 0) is 63.9 Å². The summed E-state index contributed by atoms with van der Waals surface area (Å²) >= 11 is 0. The van der Waals surface area contributed by atoms with Crippen LogP contribution in [0, 0.1) is 5.41 Å². The second kappa shape index (κ2) is 7.15. The highest BCUT2D eigenvalue weighted by Crippen LogP contribution is 2.40. The molecule has 1 saturated carbocycles. The Balaban J connectivity index is 1.53. The van der Waals surface area contributed by atoms with Gasteiger partial charge in [0, 0.05) is 23.4 Å². The van der Waals surface area contributed by atoms with Gasteiger partial charge in [0.05, 0.1) is 11.4 Å². The second-order valence-corrected chi connectivity index (χ2v) is 7.63. The first-order chi connectivity index (χ1) is 13.0. The van der Waals surface area contributed by atoms with E-state index in [1.807, 2.05) is 18.2 Å². The van der Waals surface area contributed by atoms with Crippen molar-refractivity contribution < 1.29 is 4.74 Å². The minimum atomic E-state index is -0.0730. The molecule has 0 bridgehead atoms. The van der Waals surface area contributed by atoms with Gasteiger partial charge in [0.15, 0.2) is 0 Å². The minimum Gasteiger partial charge on any atom is -0.488 e. The molecule has 0 radical (unpaired) electrons. The van der Waals surface area contributed by atoms with Crippen molar-refractivity contribution in [2.24, 2.45) is 0 Å². The summed E-state index contributed by atoms with van der Waals surface area (Å²) < 4.78 is 6.02. The number of anilines is 2. The maximum atomic E-state index is 8.61. The van der Waals surface area contributed by atoms with Gasteiger partial charge in [-0.3, -0.25) is 5.41 Å². The van der Waals surface area contributed by atoms with Crippen LogP contribution in [0.1, 0.15) is 43.9 Å². The van der Waals surface area contributed by atoms with Crippen LogP contribution >= 0.6 is 0 Å². The van der Waals surface area contributed by atoms with Crippen molar-refractivity contribution in [1.29, 1.82) is 5.41 Å². The van der Waals surface area contributed by atoms with Gasteiger partial charge < -0.3 is 21.1 Å². The molecule has 1 aromatic heterocycles. The fraction of sp³-hybridized carbons (Fsp3) is 0.450. The Kier molecular flexibility index (Phi) is 4.70. The van der Waals surface area contributed by atoms with Crippen molar-refractivity contribution in [3.63, 3.8) is 0 Å². The van der Waals surface area contributed by atoms with E-state index in [2.05, 4.69) is 27.5 Å². The summed E-state index contributed by atoms with van der Waals surface area (Å²) in [5.74, 6) is 1.49. The molecule has 1 saturated heterocycles. The summed E-state index contributed by atoms with van der Waals surface area (Å²) in [7, 11) is 0. The second-order valence-electron chi connectivity index (χ2n) is 7.63. The average molecular weight is 366 g/mol. The van der Waals surface area contributed by atoms with E-state index < -0.39 is 0 Å². The molecule has 4 rings (SSSR count). The summed E-state index contributed by atoms with van der Waals surface area (Å²) in [6.45, 7) is 4.11. The highest BCUT2D eigenvalue weighted by atomic mass is 16.5. The third-order valence-electron chi connectivity index (χ3n) is 5.23. The normalized spacial score (nSPS) is 18.7. The molecule has 2 aromatic rings. The standard InChI is InChI=1S/C20H26N6O/c1-20(6-7-20)27-14-2-3-16(21)15(10-14)19(22)17-11-18(25-12-24-17)26-13-4-8-23-9-5-13/h2-3,10-13,22-23H,4-9,21H2,1H3,(H,24,25,26). The van der Waals surface area contributed by atoms with Crippen molar-refractivity contribution in [2.75, 3.05) is 24.1 Å². The Morgan fingerprint density at radius 2 is 2.04 bits per heavy atom. The monoisotopic (exact) mass is 366 g/mol. The molecule has 1 aromatic carbocycles. The molecular weight excluding hydrogens is 340 g/mol. The summed E-state index contributed by atoms with van der Waals surface area (Å²) in [4.78, 5) is 8.59. The quantitative estimate of drug-likeness (QED) is 0.462. The molecular formula is C20H26N6O. The van der Waals surface area contributed by atoms with Crippen molar-refractivity contribution in [1.82, 2.24) is 15.3 Å². The summed E-state index contributed by atoms with van der Waals surface area (Å²) in [5.41, 5.74) is 8.05. The molecule has 2 heterocycles. The SMILES string of the molecule is CC1(Oc2ccc(N)c(C(=N)c3cc(NC4CCNCC4)ncn3)c2)CC1. The van der Waals surface area contributed by atoms with Gasteiger partial charge in [0.2, 0.25) is 0 Å². The fourth-order valence-corrected chi connectivity index (χ4v) is 3.26. The van der Waals surface area contributed by atoms with Gasteiger partial charge in [-0.25, -0.2) is 9.97 Å². The lowest BCUT2D eigenvalue weighted by atomic mass is 10.0. The van der Waals surface area contributed by atoms with E-state index in [9.17, 15) is 0 Å². The largest absolute Gasteiger partial charge is 0.488 e. The highest BCUT2D eigenvalue weighted by molar-refractivity contribution is 6.13. The molecule has 0 unspecified atom stereocenters. The molecule has 2 fully saturated rings. The van der Waals surface area contributed by atoms with Crippen LogP contribution in [-0.4, -0.2) is 40.4 Å². The Labute approximate surface area is 159 Å². The first kappa shape index (κ1) is 17.7. The number of benzene rings is 1. The van der Waals surface area contributed by atoms with Gasteiger partial charge in [-0.2, -0.15) is 0 Å². The summed E-state index contributed by atoms with van der Waals surface area (Å²) in [5, 5.41) is 15.4. The number of nitrogens with two attached hydrogens (primary N) is 1. The zero-order valence-electron chi connectivity index (χ0n) is 15.6. The smallest absolute Gasteiger partial charge is 0.130 e. The molecule has 0 spiro atoms. The zero-order chi connectivity index (χ0) is 18.9. The van der Waals surface area contributed by atoms with Crippen LogP contribution in [0.15, 0.2) is 30.6 Å². The number of ether oxygens (including phenoxy) is 1. The maximum absolute atomic E-state index is 8.61. The molecule has 2 aliphatic rings. The van der Waals surface area contributed by atoms with Gasteiger partial charge in [-0.1, -0.05) is 0 Å². The third kappa shape index (κ3) is 4.19. The highest BCUT2D eigenvalue weighted by Gasteiger charge is 2.40. The van der Waals surface area contributed by atoms with E-state index in [0.29, 0.717) is 23.0 Å². The number of aromatic nitrogens is 2. The summed E-state index contributed by atoms with van der Waals surface area (Å²) in [6.07, 6.45) is 5.72. The van der Waals surface area contributed by atoms with E-state index in [0.717, 1.165) is 50.3 Å². The first-order valence-electron chi connectivity index (χ1n) is 9.50. The van der Waals surface area contributed by atoms with E-state index in [4.69, 9.17) is 15.9 Å². The number of nitrogens with one attached hydrogen (secondary N) is 3. The predicted octanol–water partition coefficient (Wildman–Crippen LogP) is 2.57. The van der Waals surface area contributed by atoms with Crippen LogP contribution in [0.3, 0.4) is 0 Å². The van der Waals surface area contributed by atoms with Crippen LogP contribution in [0.4, 0.5) is 11.5 Å². The fourth-order valence-electron chi connectivity index (χ4n) is 3.26. The summed E-state index contributed by atoms with van der Waals surface area (Å²) in [6, 6.07) is 7.70. The minimum absolute atomic E-state index is 0.0730. The van der Waals surface area contributed by atoms with Gasteiger partial charge >= 0.3 is 0 Å². The van der Waals surface area contributed by atoms with Crippen LogP contribution in [0.5, 0.6) is 5.75 Å². The number of hydrogen-bond donors (Lipinski definition) is 4. The molecule has 142 valence electrons. The van der Waals surface area contributed by atoms with Crippen LogP contribution in [0.2, 0.25) is 0 Å². The molecule has 5 N–H and O–H groups in total. The third-order valence-corrected chi connectivity index (χ3v) is 5.23. The molecule has 1 aliphatic carbocycles. The van der Waals surface area contributed by atoms with Gasteiger partial charge in [0.1, 0.15) is 23.5 Å². The lowest BCUT2D eigenvalue weighted by Crippen LogP contribution is -2.35. The molecule has 7 nitrogen and oxygen atoms in total. The molecule has 27 heavy (non-hydrogen) atoms. The van der Waals surface area contributed by atoms with Gasteiger partial charge in [0.25, 0.3) is 0 Å². The number of nitrogens with zero attached hydrogens (tertiary/aromatic N) is 2. The molecule has 0 atom stereocenters. The number of nitrogen functional groups attached to an aromatic ring is 1. The first-order valence-corrected chi connectivity index (χ1v) is 9.50. The molecule has 7 heteroatoms. The van der Waals surface area contributed by atoms with Crippen LogP contribution in [-0.2, 0) is 0 Å². The Morgan fingerprint density at radius 1 is 1.26 bits per heavy atom. The number of rotatable bonds is 6. The van der Waals surface area contributed by atoms with E-state index >= 15 is 0 Å². The Bertz CT molecular complexity index is 842. The zero-order valence-corrected chi connectivity index (χ0v) is 15.6. The number of piperidine rings is 1. The van der Waals surface area contributed by atoms with Crippen molar-refractivity contribution in [2.45, 2.75) is 44.2 Å². The Morgan fingerprint density at radius 3 is 2.78 bits per heavy atom. The van der Waals surface area contributed by atoms with E-state index in [1.165, 1.54) is 6.33 Å². The lowest BCUT2D eigenvalue weighted by Gasteiger charge is -2.24. The van der Waals surface area contributed by atoms with E-state index in [-0.39, 0.29) is 11.3 Å². The van der Waals surface area contributed by atoms with Crippen molar-refractivity contribution in [3.05, 3.63) is 41.9 Å². The maximum Gasteiger partial charge on any atom is 0.130 e. The predicted molar refractivity (Wildman–Crippen MR) is 107 cm³/mol. The van der Waals surface area contributed by atoms with Crippen LogP contribution < -0.4 is 21.1 Å². The molecule has 0 amide bonds. The average Bonchev–Trinajstić information content (AvgIpc) is 3.40. The lowest BCUT2D eigenvalue weighted by molar-refractivity contribution is 0.200. The topological polar surface area (TPSA) is 109 Å². The van der Waals surface area contributed by atoms with Crippen molar-refractivity contribution in [3.8, 4) is 5.75 Å². The Hall–Kier alpha value is -2.67. The number of hydrogen-bond acceptors (Lipinski definition) is 7. The molecule has 1 aliphatic heterocycles. The van der Waals surface area contributed by atoms with Crippen LogP contribution in [0.25, 0.3) is 0 Å². The van der Waals surface area contributed by atoms with E-state index in [1.54, 1.807) is 6.07 Å². The van der Waals surface area contributed by atoms with Crippen molar-refractivity contribution >= 4 is 17.2 Å². The van der Waals surface area contributed by atoms with Gasteiger partial charge in [-0.15, -0.1) is 0 Å².